The number of furan rings is 1. The van der Waals surface area contributed by atoms with Crippen LogP contribution in [0.2, 0.25) is 0 Å². The smallest absolute Gasteiger partial charge is 0.313 e. The van der Waals surface area contributed by atoms with Gasteiger partial charge in [0.25, 0.3) is 0 Å². The SMILES string of the molecule is COc1cccc(NC(=O)C(=O)NCC(C)(O)Cc2ccco2)c1. The Balaban J connectivity index is 1.85. The molecule has 1 heterocycles. The van der Waals surface area contributed by atoms with Crippen LogP contribution in [-0.2, 0) is 16.0 Å². The van der Waals surface area contributed by atoms with Crippen LogP contribution in [0.25, 0.3) is 0 Å². The third-order valence-corrected chi connectivity index (χ3v) is 3.30. The molecule has 3 N–H and O–H groups in total. The molecule has 0 fully saturated rings. The van der Waals surface area contributed by atoms with Crippen LogP contribution >= 0.6 is 0 Å². The van der Waals surface area contributed by atoms with E-state index in [-0.39, 0.29) is 13.0 Å². The lowest BCUT2D eigenvalue weighted by Gasteiger charge is -2.22. The summed E-state index contributed by atoms with van der Waals surface area (Å²) in [7, 11) is 1.51. The summed E-state index contributed by atoms with van der Waals surface area (Å²) in [5, 5.41) is 15.1. The van der Waals surface area contributed by atoms with Crippen molar-refractivity contribution in [3.63, 3.8) is 0 Å². The number of ether oxygens (including phenoxy) is 1. The van der Waals surface area contributed by atoms with Crippen LogP contribution in [0.3, 0.4) is 0 Å². The van der Waals surface area contributed by atoms with Crippen molar-refractivity contribution < 1.29 is 23.8 Å². The number of carbonyl (C=O) groups excluding carboxylic acids is 2. The Morgan fingerprint density at radius 3 is 2.71 bits per heavy atom. The van der Waals surface area contributed by atoms with Crippen molar-refractivity contribution in [1.29, 1.82) is 0 Å². The summed E-state index contributed by atoms with van der Waals surface area (Å²) in [5.74, 6) is -0.501. The lowest BCUT2D eigenvalue weighted by molar-refractivity contribution is -0.136. The summed E-state index contributed by atoms with van der Waals surface area (Å²) >= 11 is 0. The van der Waals surface area contributed by atoms with Gasteiger partial charge in [-0.15, -0.1) is 0 Å². The molecule has 2 aromatic rings. The molecule has 0 aliphatic rings. The molecule has 0 saturated heterocycles. The van der Waals surface area contributed by atoms with Gasteiger partial charge in [-0.3, -0.25) is 9.59 Å². The Bertz CT molecular complexity index is 695. The maximum absolute atomic E-state index is 11.9. The van der Waals surface area contributed by atoms with Crippen LogP contribution in [-0.4, -0.2) is 36.2 Å². The van der Waals surface area contributed by atoms with Gasteiger partial charge >= 0.3 is 11.8 Å². The summed E-state index contributed by atoms with van der Waals surface area (Å²) in [6, 6.07) is 10.1. The van der Waals surface area contributed by atoms with Gasteiger partial charge in [0.05, 0.1) is 19.0 Å². The Hall–Kier alpha value is -2.80. The van der Waals surface area contributed by atoms with E-state index in [4.69, 9.17) is 9.15 Å². The molecule has 0 aliphatic heterocycles. The molecule has 0 radical (unpaired) electrons. The molecule has 1 atom stereocenters. The van der Waals surface area contributed by atoms with Gasteiger partial charge in [0.2, 0.25) is 0 Å². The molecule has 0 aliphatic carbocycles. The standard InChI is InChI=1S/C17H20N2O5/c1-17(22,10-14-7-4-8-24-14)11-18-15(20)16(21)19-12-5-3-6-13(9-12)23-2/h3-9,22H,10-11H2,1-2H3,(H,18,20)(H,19,21). The predicted octanol–water partition coefficient (Wildman–Crippen LogP) is 1.34. The molecule has 24 heavy (non-hydrogen) atoms. The summed E-state index contributed by atoms with van der Waals surface area (Å²) < 4.78 is 10.2. The van der Waals surface area contributed by atoms with Crippen LogP contribution in [0, 0.1) is 0 Å². The van der Waals surface area contributed by atoms with Crippen molar-refractivity contribution >= 4 is 17.5 Å². The van der Waals surface area contributed by atoms with Crippen molar-refractivity contribution in [2.45, 2.75) is 18.9 Å². The summed E-state index contributed by atoms with van der Waals surface area (Å²) in [5.41, 5.74) is -0.791. The van der Waals surface area contributed by atoms with Crippen molar-refractivity contribution in [3.05, 3.63) is 48.4 Å². The largest absolute Gasteiger partial charge is 0.497 e. The number of amides is 2. The van der Waals surface area contributed by atoms with E-state index in [1.807, 2.05) is 0 Å². The molecule has 2 rings (SSSR count). The van der Waals surface area contributed by atoms with Gasteiger partial charge in [-0.2, -0.15) is 0 Å². The van der Waals surface area contributed by atoms with Gasteiger partial charge in [0.1, 0.15) is 11.5 Å². The zero-order valence-corrected chi connectivity index (χ0v) is 13.5. The third-order valence-electron chi connectivity index (χ3n) is 3.30. The molecule has 7 nitrogen and oxygen atoms in total. The van der Waals surface area contributed by atoms with Crippen LogP contribution in [0.4, 0.5) is 5.69 Å². The fourth-order valence-corrected chi connectivity index (χ4v) is 2.09. The average Bonchev–Trinajstić information content (AvgIpc) is 3.05. The molecule has 7 heteroatoms. The molecule has 1 unspecified atom stereocenters. The van der Waals surface area contributed by atoms with Crippen molar-refractivity contribution in [3.8, 4) is 5.75 Å². The monoisotopic (exact) mass is 332 g/mol. The first-order chi connectivity index (χ1) is 11.4. The van der Waals surface area contributed by atoms with Crippen molar-refractivity contribution in [1.82, 2.24) is 5.32 Å². The van der Waals surface area contributed by atoms with Crippen molar-refractivity contribution in [2.24, 2.45) is 0 Å². The number of anilines is 1. The molecule has 2 amide bonds. The van der Waals surface area contributed by atoms with Crippen LogP contribution < -0.4 is 15.4 Å². The van der Waals surface area contributed by atoms with E-state index in [1.165, 1.54) is 13.4 Å². The number of carbonyl (C=O) groups is 2. The van der Waals surface area contributed by atoms with Gasteiger partial charge in [-0.25, -0.2) is 0 Å². The van der Waals surface area contributed by atoms with E-state index in [0.29, 0.717) is 17.2 Å². The van der Waals surface area contributed by atoms with Crippen LogP contribution in [0.15, 0.2) is 47.1 Å². The van der Waals surface area contributed by atoms with E-state index in [0.717, 1.165) is 0 Å². The molecule has 1 aromatic carbocycles. The molecular weight excluding hydrogens is 312 g/mol. The molecule has 1 aromatic heterocycles. The second-order valence-electron chi connectivity index (χ2n) is 5.62. The highest BCUT2D eigenvalue weighted by atomic mass is 16.5. The molecule has 0 spiro atoms. The number of aliphatic hydroxyl groups is 1. The van der Waals surface area contributed by atoms with E-state index >= 15 is 0 Å². The second-order valence-corrected chi connectivity index (χ2v) is 5.62. The van der Waals surface area contributed by atoms with Gasteiger partial charge in [0, 0.05) is 24.7 Å². The fourth-order valence-electron chi connectivity index (χ4n) is 2.09. The zero-order valence-electron chi connectivity index (χ0n) is 13.5. The summed E-state index contributed by atoms with van der Waals surface area (Å²) in [6.45, 7) is 1.47. The first-order valence-corrected chi connectivity index (χ1v) is 7.37. The Kier molecular flexibility index (Phi) is 5.59. The minimum absolute atomic E-state index is 0.0853. The van der Waals surface area contributed by atoms with Gasteiger partial charge in [-0.1, -0.05) is 6.07 Å². The topological polar surface area (TPSA) is 101 Å². The number of methoxy groups -OCH3 is 1. The average molecular weight is 332 g/mol. The van der Waals surface area contributed by atoms with Crippen LogP contribution in [0.1, 0.15) is 12.7 Å². The fraction of sp³-hybridized carbons (Fsp3) is 0.294. The number of benzene rings is 1. The normalized spacial score (nSPS) is 13.0. The minimum atomic E-state index is -1.23. The molecule has 0 bridgehead atoms. The number of hydrogen-bond donors (Lipinski definition) is 3. The highest BCUT2D eigenvalue weighted by Gasteiger charge is 2.25. The minimum Gasteiger partial charge on any atom is -0.497 e. The third kappa shape index (κ3) is 5.13. The highest BCUT2D eigenvalue weighted by molar-refractivity contribution is 6.39. The maximum Gasteiger partial charge on any atom is 0.313 e. The first-order valence-electron chi connectivity index (χ1n) is 7.37. The first kappa shape index (κ1) is 17.6. The number of rotatable bonds is 6. The molecule has 128 valence electrons. The van der Waals surface area contributed by atoms with E-state index in [2.05, 4.69) is 10.6 Å². The van der Waals surface area contributed by atoms with Gasteiger partial charge in [0.15, 0.2) is 0 Å². The quantitative estimate of drug-likeness (QED) is 0.693. The predicted molar refractivity (Wildman–Crippen MR) is 87.7 cm³/mol. The zero-order chi connectivity index (χ0) is 17.6. The number of nitrogens with one attached hydrogen (secondary N) is 2. The molecular formula is C17H20N2O5. The van der Waals surface area contributed by atoms with E-state index < -0.39 is 17.4 Å². The molecule has 0 saturated carbocycles. The highest BCUT2D eigenvalue weighted by Crippen LogP contribution is 2.16. The lowest BCUT2D eigenvalue weighted by Crippen LogP contribution is -2.45. The summed E-state index contributed by atoms with van der Waals surface area (Å²) in [4.78, 5) is 23.7. The Morgan fingerprint density at radius 1 is 1.25 bits per heavy atom. The second kappa shape index (κ2) is 7.65. The van der Waals surface area contributed by atoms with Gasteiger partial charge < -0.3 is 24.9 Å². The Morgan fingerprint density at radius 2 is 2.04 bits per heavy atom. The van der Waals surface area contributed by atoms with E-state index in [1.54, 1.807) is 43.3 Å². The Labute approximate surface area is 139 Å². The summed E-state index contributed by atoms with van der Waals surface area (Å²) in [6.07, 6.45) is 1.73. The van der Waals surface area contributed by atoms with Crippen LogP contribution in [0.5, 0.6) is 5.75 Å². The lowest BCUT2D eigenvalue weighted by atomic mass is 10.0. The van der Waals surface area contributed by atoms with Crippen molar-refractivity contribution in [2.75, 3.05) is 19.0 Å². The maximum atomic E-state index is 11.9. The number of hydrogen-bond acceptors (Lipinski definition) is 5. The van der Waals surface area contributed by atoms with E-state index in [9.17, 15) is 14.7 Å². The van der Waals surface area contributed by atoms with Gasteiger partial charge in [-0.05, 0) is 31.2 Å².